The highest BCUT2D eigenvalue weighted by molar-refractivity contribution is 7.88. The average molecular weight is 342 g/mol. The van der Waals surface area contributed by atoms with Crippen LogP contribution in [0.15, 0.2) is 12.1 Å². The van der Waals surface area contributed by atoms with Crippen LogP contribution in [0, 0.1) is 10.1 Å². The molecule has 1 aromatic carbocycles. The molecule has 0 saturated heterocycles. The SMILES string of the molecule is CS(=O)(=O)NNC(=O)c1cc([N+](=O)[O-])c(C(F)(F)F)cc1N. The van der Waals surface area contributed by atoms with Gasteiger partial charge in [-0.2, -0.15) is 13.2 Å². The molecule has 4 N–H and O–H groups in total. The van der Waals surface area contributed by atoms with Gasteiger partial charge < -0.3 is 5.73 Å². The number of alkyl halides is 3. The van der Waals surface area contributed by atoms with Gasteiger partial charge >= 0.3 is 6.18 Å². The summed E-state index contributed by atoms with van der Waals surface area (Å²) < 4.78 is 59.6. The van der Waals surface area contributed by atoms with Crippen LogP contribution < -0.4 is 16.0 Å². The van der Waals surface area contributed by atoms with Gasteiger partial charge in [0.2, 0.25) is 10.0 Å². The van der Waals surface area contributed by atoms with E-state index in [2.05, 4.69) is 0 Å². The lowest BCUT2D eigenvalue weighted by molar-refractivity contribution is -0.388. The minimum Gasteiger partial charge on any atom is -0.398 e. The van der Waals surface area contributed by atoms with Crippen LogP contribution in [0.25, 0.3) is 0 Å². The smallest absolute Gasteiger partial charge is 0.398 e. The van der Waals surface area contributed by atoms with Gasteiger partial charge in [-0.15, -0.1) is 4.83 Å². The number of hydrazine groups is 1. The van der Waals surface area contributed by atoms with Crippen molar-refractivity contribution in [1.82, 2.24) is 10.3 Å². The Morgan fingerprint density at radius 2 is 1.91 bits per heavy atom. The van der Waals surface area contributed by atoms with Crippen molar-refractivity contribution in [2.24, 2.45) is 0 Å². The second kappa shape index (κ2) is 5.76. The number of nitrogens with zero attached hydrogens (tertiary/aromatic N) is 1. The Kier molecular flexibility index (Phi) is 4.62. The summed E-state index contributed by atoms with van der Waals surface area (Å²) >= 11 is 0. The molecule has 0 aliphatic carbocycles. The highest BCUT2D eigenvalue weighted by Crippen LogP contribution is 2.38. The van der Waals surface area contributed by atoms with Crippen molar-refractivity contribution in [1.29, 1.82) is 0 Å². The van der Waals surface area contributed by atoms with Gasteiger partial charge in [0.15, 0.2) is 0 Å². The van der Waals surface area contributed by atoms with Crippen LogP contribution in [0.1, 0.15) is 15.9 Å². The van der Waals surface area contributed by atoms with E-state index in [1.165, 1.54) is 0 Å². The first-order valence-corrected chi connectivity index (χ1v) is 7.14. The van der Waals surface area contributed by atoms with Crippen LogP contribution in [-0.2, 0) is 16.2 Å². The van der Waals surface area contributed by atoms with E-state index in [0.717, 1.165) is 0 Å². The van der Waals surface area contributed by atoms with Crippen molar-refractivity contribution in [3.63, 3.8) is 0 Å². The number of nitro groups is 1. The normalized spacial score (nSPS) is 12.0. The molecule has 0 spiro atoms. The molecule has 1 aromatic rings. The first kappa shape index (κ1) is 17.6. The number of hydrogen-bond acceptors (Lipinski definition) is 6. The number of carbonyl (C=O) groups is 1. The molecular formula is C9H9F3N4O5S. The van der Waals surface area contributed by atoms with E-state index in [1.807, 2.05) is 0 Å². The zero-order valence-electron chi connectivity index (χ0n) is 10.8. The Balaban J connectivity index is 3.31. The number of anilines is 1. The monoisotopic (exact) mass is 342 g/mol. The largest absolute Gasteiger partial charge is 0.423 e. The average Bonchev–Trinajstić information content (AvgIpc) is 2.33. The molecule has 13 heteroatoms. The van der Waals surface area contributed by atoms with Crippen LogP contribution in [0.3, 0.4) is 0 Å². The summed E-state index contributed by atoms with van der Waals surface area (Å²) in [5.74, 6) is -1.25. The molecule has 0 saturated carbocycles. The van der Waals surface area contributed by atoms with Gasteiger partial charge in [-0.3, -0.25) is 20.3 Å². The predicted molar refractivity (Wildman–Crippen MR) is 68.0 cm³/mol. The maximum Gasteiger partial charge on any atom is 0.423 e. The third-order valence-electron chi connectivity index (χ3n) is 2.26. The van der Waals surface area contributed by atoms with Gasteiger partial charge in [0.1, 0.15) is 5.56 Å². The standard InChI is InChI=1S/C9H9F3N4O5S/c1-22(20,21)15-14-8(17)4-2-7(16(18)19)5(3-6(4)13)9(10,11)12/h2-3,15H,13H2,1H3,(H,14,17). The molecule has 0 unspecified atom stereocenters. The minimum atomic E-state index is -5.05. The Bertz CT molecular complexity index is 732. The van der Waals surface area contributed by atoms with E-state index in [4.69, 9.17) is 5.73 Å². The summed E-state index contributed by atoms with van der Waals surface area (Å²) in [7, 11) is -3.83. The van der Waals surface area contributed by atoms with E-state index in [9.17, 15) is 36.5 Å². The van der Waals surface area contributed by atoms with Gasteiger partial charge in [0, 0.05) is 11.8 Å². The zero-order valence-corrected chi connectivity index (χ0v) is 11.6. The Morgan fingerprint density at radius 1 is 1.36 bits per heavy atom. The summed E-state index contributed by atoms with van der Waals surface area (Å²) in [6.07, 6.45) is -4.34. The highest BCUT2D eigenvalue weighted by atomic mass is 32.2. The Labute approximate surface area is 121 Å². The zero-order chi connectivity index (χ0) is 17.3. The maximum absolute atomic E-state index is 12.7. The lowest BCUT2D eigenvalue weighted by Crippen LogP contribution is -2.41. The fraction of sp³-hybridized carbons (Fsp3) is 0.222. The quantitative estimate of drug-likeness (QED) is 0.410. The first-order valence-electron chi connectivity index (χ1n) is 5.25. The number of halogens is 3. The molecule has 22 heavy (non-hydrogen) atoms. The van der Waals surface area contributed by atoms with Gasteiger partial charge in [-0.1, -0.05) is 0 Å². The second-order valence-corrected chi connectivity index (χ2v) is 5.79. The van der Waals surface area contributed by atoms with Crippen molar-refractivity contribution in [3.05, 3.63) is 33.4 Å². The fourth-order valence-corrected chi connectivity index (χ4v) is 1.66. The molecule has 0 heterocycles. The van der Waals surface area contributed by atoms with E-state index in [1.54, 1.807) is 10.3 Å². The van der Waals surface area contributed by atoms with E-state index in [-0.39, 0.29) is 6.07 Å². The number of carbonyl (C=O) groups excluding carboxylic acids is 1. The van der Waals surface area contributed by atoms with E-state index in [0.29, 0.717) is 12.3 Å². The van der Waals surface area contributed by atoms with Crippen molar-refractivity contribution >= 4 is 27.3 Å². The van der Waals surface area contributed by atoms with Gasteiger partial charge in [0.25, 0.3) is 11.6 Å². The van der Waals surface area contributed by atoms with Crippen LogP contribution >= 0.6 is 0 Å². The Morgan fingerprint density at radius 3 is 2.32 bits per heavy atom. The molecule has 0 fully saturated rings. The number of nitrogens with one attached hydrogen (secondary N) is 2. The van der Waals surface area contributed by atoms with Gasteiger partial charge in [-0.05, 0) is 6.07 Å². The summed E-state index contributed by atoms with van der Waals surface area (Å²) in [5.41, 5.74) is 2.52. The molecule has 0 aliphatic rings. The number of nitro benzene ring substituents is 1. The molecule has 122 valence electrons. The number of nitrogen functional groups attached to an aromatic ring is 1. The third kappa shape index (κ3) is 4.29. The van der Waals surface area contributed by atoms with E-state index >= 15 is 0 Å². The van der Waals surface area contributed by atoms with Crippen molar-refractivity contribution in [2.45, 2.75) is 6.18 Å². The van der Waals surface area contributed by atoms with E-state index < -0.39 is 49.5 Å². The Hall–Kier alpha value is -2.41. The molecule has 0 bridgehead atoms. The van der Waals surface area contributed by atoms with Crippen molar-refractivity contribution in [2.75, 3.05) is 12.0 Å². The lowest BCUT2D eigenvalue weighted by Gasteiger charge is -2.12. The van der Waals surface area contributed by atoms with Crippen LogP contribution in [0.4, 0.5) is 24.5 Å². The number of nitrogens with two attached hydrogens (primary N) is 1. The fourth-order valence-electron chi connectivity index (χ4n) is 1.39. The van der Waals surface area contributed by atoms with Gasteiger partial charge in [0.05, 0.1) is 16.7 Å². The summed E-state index contributed by atoms with van der Waals surface area (Å²) in [5, 5.41) is 10.7. The molecule has 1 amide bonds. The topological polar surface area (TPSA) is 144 Å². The summed E-state index contributed by atoms with van der Waals surface area (Å²) in [4.78, 5) is 22.6. The predicted octanol–water partition coefficient (Wildman–Crippen LogP) is 0.390. The number of rotatable bonds is 4. The second-order valence-electron chi connectivity index (χ2n) is 4.04. The molecule has 0 aromatic heterocycles. The number of benzene rings is 1. The molecule has 9 nitrogen and oxygen atoms in total. The first-order chi connectivity index (χ1) is 9.83. The van der Waals surface area contributed by atoms with Gasteiger partial charge in [-0.25, -0.2) is 8.42 Å². The number of amides is 1. The number of sulfonamides is 1. The maximum atomic E-state index is 12.7. The lowest BCUT2D eigenvalue weighted by atomic mass is 10.1. The van der Waals surface area contributed by atoms with Crippen LogP contribution in [-0.4, -0.2) is 25.5 Å². The van der Waals surface area contributed by atoms with Crippen molar-refractivity contribution in [3.8, 4) is 0 Å². The molecule has 1 rings (SSSR count). The minimum absolute atomic E-state index is 0.230. The highest BCUT2D eigenvalue weighted by Gasteiger charge is 2.39. The molecular weight excluding hydrogens is 333 g/mol. The number of hydrogen-bond donors (Lipinski definition) is 3. The van der Waals surface area contributed by atoms with Crippen LogP contribution in [0.5, 0.6) is 0 Å². The molecule has 0 atom stereocenters. The third-order valence-corrected chi connectivity index (χ3v) is 2.74. The molecule has 0 radical (unpaired) electrons. The molecule has 0 aliphatic heterocycles. The summed E-state index contributed by atoms with van der Waals surface area (Å²) in [6.45, 7) is 0. The van der Waals surface area contributed by atoms with Crippen LogP contribution in [0.2, 0.25) is 0 Å². The summed E-state index contributed by atoms with van der Waals surface area (Å²) in [6, 6.07) is 0.547. The van der Waals surface area contributed by atoms with Crippen molar-refractivity contribution < 1.29 is 31.3 Å².